The first-order valence-corrected chi connectivity index (χ1v) is 5.83. The molecule has 0 bridgehead atoms. The number of aromatic amines is 1. The molecule has 0 saturated carbocycles. The summed E-state index contributed by atoms with van der Waals surface area (Å²) in [5, 5.41) is 4.03. The van der Waals surface area contributed by atoms with E-state index in [-0.39, 0.29) is 24.9 Å². The van der Waals surface area contributed by atoms with Crippen molar-refractivity contribution in [3.05, 3.63) is 36.0 Å². The summed E-state index contributed by atoms with van der Waals surface area (Å²) in [6.07, 6.45) is 3.91. The van der Waals surface area contributed by atoms with Crippen molar-refractivity contribution in [2.45, 2.75) is 12.8 Å². The lowest BCUT2D eigenvalue weighted by atomic mass is 10.1. The zero-order valence-electron chi connectivity index (χ0n) is 10.1. The monoisotopic (exact) mass is 267 g/mol. The Bertz CT molecular complexity index is 510. The predicted molar refractivity (Wildman–Crippen MR) is 75.9 cm³/mol. The number of nitrogens with two attached hydrogens (primary N) is 1. The Morgan fingerprint density at radius 2 is 2.11 bits per heavy atom. The average molecular weight is 268 g/mol. The van der Waals surface area contributed by atoms with E-state index in [1.807, 2.05) is 18.3 Å². The number of H-pyrrole nitrogens is 1. The second-order valence-electron chi connectivity index (χ2n) is 4.02. The molecule has 1 aromatic heterocycles. The minimum atomic E-state index is -0.0936. The summed E-state index contributed by atoms with van der Waals surface area (Å²) in [6.45, 7) is 0.739. The maximum Gasteiger partial charge on any atom is 0.233 e. The Balaban J connectivity index is 0.00000162. The highest BCUT2D eigenvalue weighted by atomic mass is 35.5. The average Bonchev–Trinajstić information content (AvgIpc) is 2.78. The van der Waals surface area contributed by atoms with Crippen LogP contribution in [-0.4, -0.2) is 24.0 Å². The third-order valence-corrected chi connectivity index (χ3v) is 2.81. The first-order valence-electron chi connectivity index (χ1n) is 5.83. The molecule has 0 radical (unpaired) electrons. The number of carbonyl (C=O) groups is 1. The minimum absolute atomic E-state index is 0. The molecule has 18 heavy (non-hydrogen) atoms. The third kappa shape index (κ3) is 3.48. The number of benzene rings is 1. The van der Waals surface area contributed by atoms with E-state index < -0.39 is 0 Å². The minimum Gasteiger partial charge on any atom is -0.361 e. The summed E-state index contributed by atoms with van der Waals surface area (Å²) in [7, 11) is 0. The van der Waals surface area contributed by atoms with Crippen molar-refractivity contribution in [1.29, 1.82) is 0 Å². The number of carbonyl (C=O) groups excluding carboxylic acids is 1. The molecule has 2 rings (SSSR count). The second kappa shape index (κ2) is 7.03. The molecule has 0 unspecified atom stereocenters. The van der Waals surface area contributed by atoms with E-state index >= 15 is 0 Å². The standard InChI is InChI=1S/C13H17N3O.ClH/c14-8-13(17)15-7-3-4-10-9-16-12-6-2-1-5-11(10)12;/h1-2,5-6,9,16H,3-4,7-8,14H2,(H,15,17);1H. The van der Waals surface area contributed by atoms with Gasteiger partial charge < -0.3 is 16.0 Å². The van der Waals surface area contributed by atoms with Gasteiger partial charge in [-0.2, -0.15) is 0 Å². The Hall–Kier alpha value is -1.52. The molecule has 0 saturated heterocycles. The first-order chi connectivity index (χ1) is 8.31. The van der Waals surface area contributed by atoms with Gasteiger partial charge in [-0.15, -0.1) is 12.4 Å². The summed E-state index contributed by atoms with van der Waals surface area (Å²) < 4.78 is 0. The van der Waals surface area contributed by atoms with Crippen molar-refractivity contribution in [1.82, 2.24) is 10.3 Å². The number of nitrogens with one attached hydrogen (secondary N) is 2. The maximum atomic E-state index is 10.9. The fourth-order valence-electron chi connectivity index (χ4n) is 1.92. The highest BCUT2D eigenvalue weighted by Crippen LogP contribution is 2.18. The van der Waals surface area contributed by atoms with Crippen LogP contribution in [0.5, 0.6) is 0 Å². The van der Waals surface area contributed by atoms with Crippen LogP contribution in [-0.2, 0) is 11.2 Å². The number of rotatable bonds is 5. The van der Waals surface area contributed by atoms with Crippen LogP contribution in [0.3, 0.4) is 0 Å². The summed E-state index contributed by atoms with van der Waals surface area (Å²) >= 11 is 0. The summed E-state index contributed by atoms with van der Waals surface area (Å²) in [6, 6.07) is 8.23. The molecule has 98 valence electrons. The van der Waals surface area contributed by atoms with Crippen LogP contribution < -0.4 is 11.1 Å². The maximum absolute atomic E-state index is 10.9. The van der Waals surface area contributed by atoms with Crippen molar-refractivity contribution in [3.63, 3.8) is 0 Å². The molecule has 0 aliphatic rings. The summed E-state index contributed by atoms with van der Waals surface area (Å²) in [5.41, 5.74) is 7.66. The highest BCUT2D eigenvalue weighted by Gasteiger charge is 2.02. The number of hydrogen-bond donors (Lipinski definition) is 3. The van der Waals surface area contributed by atoms with Gasteiger partial charge in [-0.1, -0.05) is 18.2 Å². The van der Waals surface area contributed by atoms with Gasteiger partial charge in [-0.05, 0) is 24.5 Å². The van der Waals surface area contributed by atoms with E-state index in [1.54, 1.807) is 0 Å². The second-order valence-corrected chi connectivity index (χ2v) is 4.02. The molecule has 2 aromatic rings. The fraction of sp³-hybridized carbons (Fsp3) is 0.308. The number of para-hydroxylation sites is 1. The normalized spacial score (nSPS) is 10.1. The van der Waals surface area contributed by atoms with Crippen molar-refractivity contribution in [2.75, 3.05) is 13.1 Å². The number of aromatic nitrogens is 1. The molecular weight excluding hydrogens is 250 g/mol. The number of fused-ring (bicyclic) bond motifs is 1. The molecule has 1 aromatic carbocycles. The van der Waals surface area contributed by atoms with Gasteiger partial charge in [0.25, 0.3) is 0 Å². The molecule has 5 heteroatoms. The highest BCUT2D eigenvalue weighted by molar-refractivity contribution is 5.85. The van der Waals surface area contributed by atoms with Crippen molar-refractivity contribution in [2.24, 2.45) is 5.73 Å². The molecule has 0 spiro atoms. The van der Waals surface area contributed by atoms with Crippen LogP contribution in [0, 0.1) is 0 Å². The third-order valence-electron chi connectivity index (χ3n) is 2.81. The van der Waals surface area contributed by atoms with E-state index in [1.165, 1.54) is 10.9 Å². The zero-order chi connectivity index (χ0) is 12.1. The van der Waals surface area contributed by atoms with E-state index in [9.17, 15) is 4.79 Å². The van der Waals surface area contributed by atoms with Gasteiger partial charge >= 0.3 is 0 Å². The number of halogens is 1. The van der Waals surface area contributed by atoms with Gasteiger partial charge in [0, 0.05) is 23.6 Å². The lowest BCUT2D eigenvalue weighted by Gasteiger charge is -2.02. The molecule has 1 heterocycles. The first kappa shape index (κ1) is 14.5. The molecule has 1 amide bonds. The van der Waals surface area contributed by atoms with Crippen molar-refractivity contribution >= 4 is 29.2 Å². The Labute approximate surface area is 112 Å². The Morgan fingerprint density at radius 3 is 2.89 bits per heavy atom. The van der Waals surface area contributed by atoms with Crippen LogP contribution in [0.4, 0.5) is 0 Å². The smallest absolute Gasteiger partial charge is 0.233 e. The number of hydrogen-bond acceptors (Lipinski definition) is 2. The van der Waals surface area contributed by atoms with Crippen LogP contribution >= 0.6 is 12.4 Å². The zero-order valence-corrected chi connectivity index (χ0v) is 10.9. The van der Waals surface area contributed by atoms with Crippen LogP contribution in [0.15, 0.2) is 30.5 Å². The summed E-state index contributed by atoms with van der Waals surface area (Å²) in [4.78, 5) is 14.2. The van der Waals surface area contributed by atoms with Gasteiger partial charge in [0.05, 0.1) is 6.54 Å². The lowest BCUT2D eigenvalue weighted by molar-refractivity contribution is -0.119. The molecule has 0 aliphatic heterocycles. The lowest BCUT2D eigenvalue weighted by Crippen LogP contribution is -2.31. The van der Waals surface area contributed by atoms with Crippen molar-refractivity contribution < 1.29 is 4.79 Å². The van der Waals surface area contributed by atoms with Crippen molar-refractivity contribution in [3.8, 4) is 0 Å². The Morgan fingerprint density at radius 1 is 1.33 bits per heavy atom. The van der Waals surface area contributed by atoms with Gasteiger partial charge in [0.1, 0.15) is 0 Å². The molecule has 0 aliphatic carbocycles. The Kier molecular flexibility index (Phi) is 5.68. The number of amides is 1. The number of aryl methyl sites for hydroxylation is 1. The SMILES string of the molecule is Cl.NCC(=O)NCCCc1c[nH]c2ccccc12. The van der Waals surface area contributed by atoms with Gasteiger partial charge in [-0.3, -0.25) is 4.79 Å². The van der Waals surface area contributed by atoms with Gasteiger partial charge in [0.2, 0.25) is 5.91 Å². The van der Waals surface area contributed by atoms with E-state index in [0.29, 0.717) is 6.54 Å². The molecule has 0 atom stereocenters. The van der Waals surface area contributed by atoms with Crippen LogP contribution in [0.2, 0.25) is 0 Å². The molecule has 4 nitrogen and oxygen atoms in total. The van der Waals surface area contributed by atoms with Crippen LogP contribution in [0.25, 0.3) is 10.9 Å². The predicted octanol–water partition coefficient (Wildman–Crippen LogP) is 1.60. The largest absolute Gasteiger partial charge is 0.361 e. The van der Waals surface area contributed by atoms with E-state index in [4.69, 9.17) is 5.73 Å². The molecule has 0 fully saturated rings. The van der Waals surface area contributed by atoms with Gasteiger partial charge in [0.15, 0.2) is 0 Å². The molecule has 4 N–H and O–H groups in total. The topological polar surface area (TPSA) is 70.9 Å². The quantitative estimate of drug-likeness (QED) is 0.720. The fourth-order valence-corrected chi connectivity index (χ4v) is 1.92. The van der Waals surface area contributed by atoms with Crippen LogP contribution in [0.1, 0.15) is 12.0 Å². The van der Waals surface area contributed by atoms with E-state index in [0.717, 1.165) is 18.4 Å². The van der Waals surface area contributed by atoms with Gasteiger partial charge in [-0.25, -0.2) is 0 Å². The molecular formula is C13H18ClN3O. The summed E-state index contributed by atoms with van der Waals surface area (Å²) in [5.74, 6) is -0.0936. The van der Waals surface area contributed by atoms with E-state index in [2.05, 4.69) is 22.4 Å².